The number of hydrogen-bond acceptors (Lipinski definition) is 2. The number of aromatic amines is 1. The van der Waals surface area contributed by atoms with Gasteiger partial charge in [-0.25, -0.2) is 9.37 Å². The Hall–Kier alpha value is -2.49. The van der Waals surface area contributed by atoms with E-state index in [1.165, 1.54) is 0 Å². The topological polar surface area (TPSA) is 41.6 Å². The monoisotopic (exact) mass is 281 g/mol. The predicted molar refractivity (Wildman–Crippen MR) is 79.5 cm³/mol. The van der Waals surface area contributed by atoms with Gasteiger partial charge in [0.2, 0.25) is 0 Å². The molecule has 0 bridgehead atoms. The molecule has 0 amide bonds. The van der Waals surface area contributed by atoms with Crippen molar-refractivity contribution in [2.45, 2.75) is 19.3 Å². The van der Waals surface area contributed by atoms with E-state index >= 15 is 0 Å². The van der Waals surface area contributed by atoms with E-state index < -0.39 is 0 Å². The molecule has 3 rings (SSSR count). The van der Waals surface area contributed by atoms with Crippen LogP contribution in [-0.4, -0.2) is 15.0 Å². The summed E-state index contributed by atoms with van der Waals surface area (Å²) in [5.41, 5.74) is 3.14. The van der Waals surface area contributed by atoms with Gasteiger partial charge in [0, 0.05) is 36.1 Å². The zero-order chi connectivity index (χ0) is 14.7. The number of nitrogens with zero attached hydrogens (tertiary/aromatic N) is 2. The Balaban J connectivity index is 2.03. The number of H-pyrrole nitrogens is 1. The van der Waals surface area contributed by atoms with E-state index in [0.717, 1.165) is 11.4 Å². The maximum Gasteiger partial charge on any atom is 0.129 e. The van der Waals surface area contributed by atoms with E-state index in [4.69, 9.17) is 0 Å². The molecule has 2 aromatic heterocycles. The molecule has 2 heterocycles. The molecule has 1 aromatic carbocycles. The van der Waals surface area contributed by atoms with Gasteiger partial charge >= 0.3 is 0 Å². The van der Waals surface area contributed by atoms with Gasteiger partial charge in [0.1, 0.15) is 5.82 Å². The van der Waals surface area contributed by atoms with Gasteiger partial charge in [0.25, 0.3) is 0 Å². The first-order valence-electron chi connectivity index (χ1n) is 6.89. The highest BCUT2D eigenvalue weighted by Crippen LogP contribution is 2.29. The standard InChI is InChI=1S/C17H16FN3/c1-12-5-4-7-14(17(12)18)15(16-10-19-11-21-16)9-13-6-2-3-8-20-13/h2-8,10-11,15H,9H2,1H3,(H,19,21)/t15-/m1/s1. The largest absolute Gasteiger partial charge is 0.348 e. The Morgan fingerprint density at radius 3 is 2.81 bits per heavy atom. The molecule has 3 nitrogen and oxygen atoms in total. The normalized spacial score (nSPS) is 12.3. The lowest BCUT2D eigenvalue weighted by Crippen LogP contribution is -2.09. The number of halogens is 1. The number of nitrogens with one attached hydrogen (secondary N) is 1. The molecule has 0 aliphatic carbocycles. The number of benzene rings is 1. The first-order valence-corrected chi connectivity index (χ1v) is 6.89. The van der Waals surface area contributed by atoms with Gasteiger partial charge in [-0.05, 0) is 30.2 Å². The fraction of sp³-hybridized carbons (Fsp3) is 0.176. The quantitative estimate of drug-likeness (QED) is 0.793. The second kappa shape index (κ2) is 5.87. The number of aromatic nitrogens is 3. The Kier molecular flexibility index (Phi) is 3.77. The fourth-order valence-corrected chi connectivity index (χ4v) is 2.51. The van der Waals surface area contributed by atoms with Crippen LogP contribution in [0.15, 0.2) is 55.1 Å². The van der Waals surface area contributed by atoms with Crippen LogP contribution in [0.3, 0.4) is 0 Å². The Bertz CT molecular complexity index is 708. The third-order valence-electron chi connectivity index (χ3n) is 3.63. The summed E-state index contributed by atoms with van der Waals surface area (Å²) < 4.78 is 14.5. The van der Waals surface area contributed by atoms with E-state index in [0.29, 0.717) is 17.5 Å². The summed E-state index contributed by atoms with van der Waals surface area (Å²) >= 11 is 0. The van der Waals surface area contributed by atoms with Crippen molar-refractivity contribution in [3.8, 4) is 0 Å². The lowest BCUT2D eigenvalue weighted by molar-refractivity contribution is 0.583. The number of aryl methyl sites for hydroxylation is 1. The van der Waals surface area contributed by atoms with Crippen molar-refractivity contribution in [3.05, 3.63) is 83.5 Å². The van der Waals surface area contributed by atoms with Gasteiger partial charge in [-0.1, -0.05) is 24.3 Å². The van der Waals surface area contributed by atoms with Crippen LogP contribution in [0.1, 0.15) is 28.4 Å². The third-order valence-corrected chi connectivity index (χ3v) is 3.63. The molecule has 0 saturated heterocycles. The van der Waals surface area contributed by atoms with E-state index in [-0.39, 0.29) is 11.7 Å². The van der Waals surface area contributed by atoms with Crippen molar-refractivity contribution in [3.63, 3.8) is 0 Å². The summed E-state index contributed by atoms with van der Waals surface area (Å²) in [7, 11) is 0. The molecule has 21 heavy (non-hydrogen) atoms. The maximum absolute atomic E-state index is 14.5. The smallest absolute Gasteiger partial charge is 0.129 e. The average Bonchev–Trinajstić information content (AvgIpc) is 3.03. The highest BCUT2D eigenvalue weighted by atomic mass is 19.1. The van der Waals surface area contributed by atoms with Crippen molar-refractivity contribution < 1.29 is 4.39 Å². The second-order valence-electron chi connectivity index (χ2n) is 5.06. The third kappa shape index (κ3) is 2.84. The van der Waals surface area contributed by atoms with Gasteiger partial charge in [0.15, 0.2) is 0 Å². The van der Waals surface area contributed by atoms with Crippen LogP contribution in [0.5, 0.6) is 0 Å². The van der Waals surface area contributed by atoms with Gasteiger partial charge in [-0.15, -0.1) is 0 Å². The molecule has 0 unspecified atom stereocenters. The second-order valence-corrected chi connectivity index (χ2v) is 5.06. The van der Waals surface area contributed by atoms with Crippen molar-refractivity contribution in [2.75, 3.05) is 0 Å². The predicted octanol–water partition coefficient (Wildman–Crippen LogP) is 3.63. The molecule has 0 aliphatic heterocycles. The Labute approximate surface area is 122 Å². The minimum absolute atomic E-state index is 0.123. The highest BCUT2D eigenvalue weighted by molar-refractivity contribution is 5.34. The van der Waals surface area contributed by atoms with Crippen LogP contribution in [0.25, 0.3) is 0 Å². The van der Waals surface area contributed by atoms with E-state index in [1.54, 1.807) is 31.7 Å². The maximum atomic E-state index is 14.5. The van der Waals surface area contributed by atoms with Crippen LogP contribution >= 0.6 is 0 Å². The van der Waals surface area contributed by atoms with Crippen LogP contribution in [-0.2, 0) is 6.42 Å². The lowest BCUT2D eigenvalue weighted by Gasteiger charge is -2.17. The number of hydrogen-bond donors (Lipinski definition) is 1. The fourth-order valence-electron chi connectivity index (χ4n) is 2.51. The summed E-state index contributed by atoms with van der Waals surface area (Å²) in [6.45, 7) is 1.78. The van der Waals surface area contributed by atoms with Crippen LogP contribution in [0.4, 0.5) is 4.39 Å². The summed E-state index contributed by atoms with van der Waals surface area (Å²) in [5.74, 6) is -0.282. The first-order chi connectivity index (χ1) is 10.3. The van der Waals surface area contributed by atoms with Crippen molar-refractivity contribution >= 4 is 0 Å². The summed E-state index contributed by atoms with van der Waals surface area (Å²) in [4.78, 5) is 11.5. The molecule has 106 valence electrons. The van der Waals surface area contributed by atoms with Crippen molar-refractivity contribution in [1.29, 1.82) is 0 Å². The SMILES string of the molecule is Cc1cccc([C@@H](Cc2ccccn2)c2cnc[nH]2)c1F. The Morgan fingerprint density at radius 1 is 1.19 bits per heavy atom. The van der Waals surface area contributed by atoms with E-state index in [2.05, 4.69) is 15.0 Å². The molecule has 0 saturated carbocycles. The van der Waals surface area contributed by atoms with E-state index in [9.17, 15) is 4.39 Å². The lowest BCUT2D eigenvalue weighted by atomic mass is 9.90. The van der Waals surface area contributed by atoms with Crippen molar-refractivity contribution in [2.24, 2.45) is 0 Å². The van der Waals surface area contributed by atoms with Gasteiger partial charge in [-0.3, -0.25) is 4.98 Å². The average molecular weight is 281 g/mol. The van der Waals surface area contributed by atoms with Crippen LogP contribution < -0.4 is 0 Å². The molecular weight excluding hydrogens is 265 g/mol. The molecule has 1 atom stereocenters. The molecule has 0 aliphatic rings. The zero-order valence-electron chi connectivity index (χ0n) is 11.8. The molecule has 0 spiro atoms. The van der Waals surface area contributed by atoms with Crippen LogP contribution in [0.2, 0.25) is 0 Å². The van der Waals surface area contributed by atoms with E-state index in [1.807, 2.05) is 30.3 Å². The minimum atomic E-state index is -0.159. The Morgan fingerprint density at radius 2 is 2.10 bits per heavy atom. The van der Waals surface area contributed by atoms with Gasteiger partial charge in [-0.2, -0.15) is 0 Å². The minimum Gasteiger partial charge on any atom is -0.348 e. The summed E-state index contributed by atoms with van der Waals surface area (Å²) in [6, 6.07) is 11.3. The summed E-state index contributed by atoms with van der Waals surface area (Å²) in [6.07, 6.45) is 5.75. The molecule has 4 heteroatoms. The van der Waals surface area contributed by atoms with Crippen molar-refractivity contribution in [1.82, 2.24) is 15.0 Å². The number of imidazole rings is 1. The van der Waals surface area contributed by atoms with Gasteiger partial charge < -0.3 is 4.98 Å². The molecular formula is C17H16FN3. The number of pyridine rings is 1. The van der Waals surface area contributed by atoms with Crippen LogP contribution in [0, 0.1) is 12.7 Å². The van der Waals surface area contributed by atoms with Gasteiger partial charge in [0.05, 0.1) is 6.33 Å². The molecule has 1 N–H and O–H groups in total. The molecule has 3 aromatic rings. The first kappa shape index (κ1) is 13.5. The molecule has 0 radical (unpaired) electrons. The number of rotatable bonds is 4. The zero-order valence-corrected chi connectivity index (χ0v) is 11.8. The highest BCUT2D eigenvalue weighted by Gasteiger charge is 2.21. The molecule has 0 fully saturated rings. The summed E-state index contributed by atoms with van der Waals surface area (Å²) in [5, 5.41) is 0.